The summed E-state index contributed by atoms with van der Waals surface area (Å²) in [5.41, 5.74) is 1.03. The molecule has 0 radical (unpaired) electrons. The summed E-state index contributed by atoms with van der Waals surface area (Å²) in [6.07, 6.45) is 4.99. The Kier molecular flexibility index (Phi) is 5.18. The number of hydrogen-bond donors (Lipinski definition) is 1. The van der Waals surface area contributed by atoms with Crippen LogP contribution in [0.25, 0.3) is 0 Å². The number of rotatable bonds is 4. The first-order valence-electron chi connectivity index (χ1n) is 8.66. The van der Waals surface area contributed by atoms with Gasteiger partial charge in [-0.3, -0.25) is 9.59 Å². The van der Waals surface area contributed by atoms with Gasteiger partial charge >= 0.3 is 0 Å². The molecule has 2 amide bonds. The molecule has 1 aliphatic heterocycles. The molecule has 3 rings (SSSR count). The molecule has 2 aliphatic rings. The molecule has 1 aliphatic carbocycles. The van der Waals surface area contributed by atoms with Crippen molar-refractivity contribution >= 4 is 11.8 Å². The van der Waals surface area contributed by atoms with Gasteiger partial charge in [-0.05, 0) is 25.7 Å². The van der Waals surface area contributed by atoms with Gasteiger partial charge in [0.25, 0.3) is 0 Å². The van der Waals surface area contributed by atoms with Crippen molar-refractivity contribution in [3.63, 3.8) is 0 Å². The SMILES string of the molecule is CN(C)C(=O)C1CCC(C(=O)NCc2cnc3n2CCOC3)CC1. The van der Waals surface area contributed by atoms with E-state index in [0.717, 1.165) is 43.7 Å². The van der Waals surface area contributed by atoms with Crippen LogP contribution in [-0.2, 0) is 34.0 Å². The normalized spacial score (nSPS) is 23.4. The highest BCUT2D eigenvalue weighted by atomic mass is 16.5. The number of carbonyl (C=O) groups excluding carboxylic acids is 2. The molecule has 0 spiro atoms. The fourth-order valence-corrected chi connectivity index (χ4v) is 3.59. The van der Waals surface area contributed by atoms with Crippen LogP contribution in [-0.4, -0.2) is 47.0 Å². The van der Waals surface area contributed by atoms with Gasteiger partial charge in [0.2, 0.25) is 11.8 Å². The van der Waals surface area contributed by atoms with Crippen molar-refractivity contribution < 1.29 is 14.3 Å². The second kappa shape index (κ2) is 7.34. The van der Waals surface area contributed by atoms with Crippen LogP contribution in [0.2, 0.25) is 0 Å². The van der Waals surface area contributed by atoms with Gasteiger partial charge in [0.1, 0.15) is 12.4 Å². The largest absolute Gasteiger partial charge is 0.372 e. The second-order valence-corrected chi connectivity index (χ2v) is 6.87. The first-order chi connectivity index (χ1) is 11.6. The molecule has 2 heterocycles. The van der Waals surface area contributed by atoms with Gasteiger partial charge in [-0.25, -0.2) is 4.98 Å². The average molecular weight is 334 g/mol. The molecule has 1 saturated carbocycles. The minimum Gasteiger partial charge on any atom is -0.372 e. The van der Waals surface area contributed by atoms with Crippen molar-refractivity contribution in [3.8, 4) is 0 Å². The van der Waals surface area contributed by atoms with Gasteiger partial charge in [-0.15, -0.1) is 0 Å². The van der Waals surface area contributed by atoms with E-state index in [1.165, 1.54) is 0 Å². The Labute approximate surface area is 142 Å². The van der Waals surface area contributed by atoms with Gasteiger partial charge in [0.05, 0.1) is 25.0 Å². The van der Waals surface area contributed by atoms with Gasteiger partial charge in [0.15, 0.2) is 0 Å². The highest BCUT2D eigenvalue weighted by Crippen LogP contribution is 2.30. The molecule has 0 unspecified atom stereocenters. The number of nitrogens with one attached hydrogen (secondary N) is 1. The lowest BCUT2D eigenvalue weighted by Gasteiger charge is -2.28. The van der Waals surface area contributed by atoms with Crippen LogP contribution < -0.4 is 5.32 Å². The Morgan fingerprint density at radius 3 is 2.71 bits per heavy atom. The number of nitrogens with zero attached hydrogens (tertiary/aromatic N) is 3. The molecule has 0 saturated heterocycles. The molecular formula is C17H26N4O3. The third kappa shape index (κ3) is 3.61. The van der Waals surface area contributed by atoms with Gasteiger partial charge < -0.3 is 19.5 Å². The maximum Gasteiger partial charge on any atom is 0.225 e. The average Bonchev–Trinajstić information content (AvgIpc) is 3.02. The van der Waals surface area contributed by atoms with Crippen LogP contribution in [0.5, 0.6) is 0 Å². The van der Waals surface area contributed by atoms with E-state index in [1.54, 1.807) is 19.0 Å². The smallest absolute Gasteiger partial charge is 0.225 e. The quantitative estimate of drug-likeness (QED) is 0.888. The number of ether oxygens (including phenoxy) is 1. The monoisotopic (exact) mass is 334 g/mol. The number of hydrogen-bond acceptors (Lipinski definition) is 4. The van der Waals surface area contributed by atoms with E-state index in [4.69, 9.17) is 4.74 Å². The highest BCUT2D eigenvalue weighted by molar-refractivity contribution is 5.80. The zero-order valence-corrected chi connectivity index (χ0v) is 14.5. The standard InChI is InChI=1S/C17H26N4O3/c1-20(2)17(23)13-5-3-12(4-6-13)16(22)19-10-14-9-18-15-11-24-8-7-21(14)15/h9,12-13H,3-8,10-11H2,1-2H3,(H,19,22). The van der Waals surface area contributed by atoms with Crippen LogP contribution in [0.15, 0.2) is 6.20 Å². The number of carbonyl (C=O) groups is 2. The van der Waals surface area contributed by atoms with Crippen molar-refractivity contribution in [1.82, 2.24) is 19.8 Å². The molecular weight excluding hydrogens is 308 g/mol. The molecule has 1 N–H and O–H groups in total. The zero-order chi connectivity index (χ0) is 17.1. The lowest BCUT2D eigenvalue weighted by Crippen LogP contribution is -2.37. The number of aromatic nitrogens is 2. The first-order valence-corrected chi connectivity index (χ1v) is 8.66. The Morgan fingerprint density at radius 1 is 1.29 bits per heavy atom. The van der Waals surface area contributed by atoms with E-state index in [2.05, 4.69) is 14.9 Å². The molecule has 7 nitrogen and oxygen atoms in total. The summed E-state index contributed by atoms with van der Waals surface area (Å²) in [4.78, 5) is 30.4. The van der Waals surface area contributed by atoms with Gasteiger partial charge in [0, 0.05) is 32.5 Å². The van der Waals surface area contributed by atoms with Crippen LogP contribution in [0.3, 0.4) is 0 Å². The second-order valence-electron chi connectivity index (χ2n) is 6.87. The highest BCUT2D eigenvalue weighted by Gasteiger charge is 2.30. The van der Waals surface area contributed by atoms with E-state index in [1.807, 2.05) is 6.20 Å². The fraction of sp³-hybridized carbons (Fsp3) is 0.706. The summed E-state index contributed by atoms with van der Waals surface area (Å²) in [6, 6.07) is 0. The predicted molar refractivity (Wildman–Crippen MR) is 87.9 cm³/mol. The number of amides is 2. The molecule has 1 fully saturated rings. The molecule has 0 aromatic carbocycles. The molecule has 132 valence electrons. The van der Waals surface area contributed by atoms with E-state index >= 15 is 0 Å². The molecule has 7 heteroatoms. The van der Waals surface area contributed by atoms with E-state index in [-0.39, 0.29) is 23.7 Å². The Hall–Kier alpha value is -1.89. The third-order valence-corrected chi connectivity index (χ3v) is 5.04. The lowest BCUT2D eigenvalue weighted by molar-refractivity contribution is -0.136. The Balaban J connectivity index is 1.48. The maximum atomic E-state index is 12.4. The van der Waals surface area contributed by atoms with Crippen molar-refractivity contribution in [1.29, 1.82) is 0 Å². The maximum absolute atomic E-state index is 12.4. The summed E-state index contributed by atoms with van der Waals surface area (Å²) in [6.45, 7) is 2.52. The molecule has 0 atom stereocenters. The van der Waals surface area contributed by atoms with Crippen LogP contribution >= 0.6 is 0 Å². The van der Waals surface area contributed by atoms with E-state index in [9.17, 15) is 9.59 Å². The van der Waals surface area contributed by atoms with Crippen molar-refractivity contribution in [2.75, 3.05) is 20.7 Å². The molecule has 24 heavy (non-hydrogen) atoms. The van der Waals surface area contributed by atoms with Crippen molar-refractivity contribution in [3.05, 3.63) is 17.7 Å². The minimum absolute atomic E-state index is 0.0169. The summed E-state index contributed by atoms with van der Waals surface area (Å²) in [5, 5.41) is 3.04. The zero-order valence-electron chi connectivity index (χ0n) is 14.5. The number of fused-ring (bicyclic) bond motifs is 1. The summed E-state index contributed by atoms with van der Waals surface area (Å²) in [5.74, 6) is 1.29. The first kappa shape index (κ1) is 17.0. The predicted octanol–water partition coefficient (Wildman–Crippen LogP) is 0.924. The van der Waals surface area contributed by atoms with Crippen LogP contribution in [0, 0.1) is 11.8 Å². The fourth-order valence-electron chi connectivity index (χ4n) is 3.59. The molecule has 0 bridgehead atoms. The number of imidazole rings is 1. The summed E-state index contributed by atoms with van der Waals surface area (Å²) < 4.78 is 7.50. The Morgan fingerprint density at radius 2 is 2.00 bits per heavy atom. The summed E-state index contributed by atoms with van der Waals surface area (Å²) >= 11 is 0. The molecule has 1 aromatic heterocycles. The van der Waals surface area contributed by atoms with Crippen LogP contribution in [0.1, 0.15) is 37.2 Å². The van der Waals surface area contributed by atoms with Gasteiger partial charge in [-0.1, -0.05) is 0 Å². The minimum atomic E-state index is 0.0169. The Bertz CT molecular complexity index is 603. The lowest BCUT2D eigenvalue weighted by atomic mass is 9.81. The third-order valence-electron chi connectivity index (χ3n) is 5.04. The molecule has 1 aromatic rings. The van der Waals surface area contributed by atoms with Crippen LogP contribution in [0.4, 0.5) is 0 Å². The van der Waals surface area contributed by atoms with Gasteiger partial charge in [-0.2, -0.15) is 0 Å². The van der Waals surface area contributed by atoms with Crippen molar-refractivity contribution in [2.24, 2.45) is 11.8 Å². The van der Waals surface area contributed by atoms with E-state index in [0.29, 0.717) is 19.8 Å². The van der Waals surface area contributed by atoms with E-state index < -0.39 is 0 Å². The topological polar surface area (TPSA) is 76.5 Å². The summed E-state index contributed by atoms with van der Waals surface area (Å²) in [7, 11) is 3.58. The van der Waals surface area contributed by atoms with Crippen molar-refractivity contribution in [2.45, 2.75) is 45.4 Å².